The number of halogens is 4. The molecule has 1 saturated carbocycles. The quantitative estimate of drug-likeness (QED) is 0.196. The summed E-state index contributed by atoms with van der Waals surface area (Å²) in [7, 11) is -2.34. The van der Waals surface area contributed by atoms with Crippen molar-refractivity contribution in [3.05, 3.63) is 88.0 Å². The normalized spacial score (nSPS) is 16.7. The van der Waals surface area contributed by atoms with Crippen LogP contribution in [0.3, 0.4) is 0 Å². The monoisotopic (exact) mass is 643 g/mol. The molecule has 0 amide bonds. The Morgan fingerprint density at radius 1 is 0.889 bits per heavy atom. The molecule has 2 aromatic carbocycles. The molecular weight excluding hydrogens is 594 g/mol. The van der Waals surface area contributed by atoms with Gasteiger partial charge in [-0.25, -0.2) is 4.39 Å². The number of hydrogen-bond acceptors (Lipinski definition) is 3. The zero-order valence-corrected chi connectivity index (χ0v) is 29.2. The van der Waals surface area contributed by atoms with Crippen molar-refractivity contribution >= 4 is 8.32 Å². The number of benzene rings is 2. The highest BCUT2D eigenvalue weighted by Crippen LogP contribution is 2.50. The SMILES string of the molecule is Cc1nc(C2CCCC2)c([C@H](O)c2ccc(C(F)(F)F)cc2)c(-c2ccc(F)cc2)c1[C@H](CC(C)(C)C)O[Si](C)(C)C(C)(C)C. The highest BCUT2D eigenvalue weighted by atomic mass is 28.4. The lowest BCUT2D eigenvalue weighted by Gasteiger charge is -2.42. The third kappa shape index (κ3) is 8.06. The van der Waals surface area contributed by atoms with Crippen molar-refractivity contribution in [2.75, 3.05) is 0 Å². The molecule has 1 fully saturated rings. The number of hydrogen-bond donors (Lipinski definition) is 1. The smallest absolute Gasteiger partial charge is 0.410 e. The molecule has 4 rings (SSSR count). The van der Waals surface area contributed by atoms with Crippen LogP contribution in [0, 0.1) is 18.2 Å². The summed E-state index contributed by atoms with van der Waals surface area (Å²) in [5, 5.41) is 12.1. The van der Waals surface area contributed by atoms with E-state index in [1.165, 1.54) is 24.3 Å². The van der Waals surface area contributed by atoms with Gasteiger partial charge in [0.15, 0.2) is 8.32 Å². The predicted octanol–water partition coefficient (Wildman–Crippen LogP) is 11.5. The van der Waals surface area contributed by atoms with Crippen molar-refractivity contribution < 1.29 is 27.1 Å². The molecule has 2 atom stereocenters. The highest BCUT2D eigenvalue weighted by molar-refractivity contribution is 6.74. The maximum atomic E-state index is 14.3. The molecule has 0 radical (unpaired) electrons. The van der Waals surface area contributed by atoms with E-state index < -0.39 is 26.2 Å². The Hall–Kier alpha value is -2.55. The molecule has 1 aliphatic carbocycles. The number of rotatable bonds is 8. The summed E-state index contributed by atoms with van der Waals surface area (Å²) < 4.78 is 61.9. The lowest BCUT2D eigenvalue weighted by Crippen LogP contribution is -2.42. The summed E-state index contributed by atoms with van der Waals surface area (Å²) >= 11 is 0. The second-order valence-corrected chi connectivity index (χ2v) is 20.2. The van der Waals surface area contributed by atoms with Crippen molar-refractivity contribution in [1.82, 2.24) is 4.98 Å². The average Bonchev–Trinajstić information content (AvgIpc) is 3.45. The van der Waals surface area contributed by atoms with Gasteiger partial charge < -0.3 is 9.53 Å². The van der Waals surface area contributed by atoms with Crippen LogP contribution in [0.1, 0.15) is 125 Å². The first kappa shape index (κ1) is 35.3. The number of aromatic nitrogens is 1. The van der Waals surface area contributed by atoms with Crippen molar-refractivity contribution in [3.63, 3.8) is 0 Å². The Balaban J connectivity index is 2.08. The van der Waals surface area contributed by atoms with E-state index >= 15 is 0 Å². The second-order valence-electron chi connectivity index (χ2n) is 15.4. The van der Waals surface area contributed by atoms with E-state index in [0.717, 1.165) is 65.9 Å². The van der Waals surface area contributed by atoms with Crippen LogP contribution in [0.2, 0.25) is 18.1 Å². The van der Waals surface area contributed by atoms with Crippen molar-refractivity contribution in [2.24, 2.45) is 5.41 Å². The molecular formula is C37H49F4NO2Si. The van der Waals surface area contributed by atoms with Gasteiger partial charge in [0.2, 0.25) is 0 Å². The minimum atomic E-state index is -4.49. The Morgan fingerprint density at radius 2 is 1.44 bits per heavy atom. The van der Waals surface area contributed by atoms with Crippen LogP contribution >= 0.6 is 0 Å². The lowest BCUT2D eigenvalue weighted by atomic mass is 9.79. The summed E-state index contributed by atoms with van der Waals surface area (Å²) in [6.45, 7) is 19.5. The molecule has 0 bridgehead atoms. The second kappa shape index (κ2) is 12.9. The van der Waals surface area contributed by atoms with Crippen molar-refractivity contribution in [1.29, 1.82) is 0 Å². The number of alkyl halides is 3. The van der Waals surface area contributed by atoms with Gasteiger partial charge in [0.25, 0.3) is 0 Å². The Labute approximate surface area is 267 Å². The molecule has 246 valence electrons. The van der Waals surface area contributed by atoms with Gasteiger partial charge in [0.05, 0.1) is 17.4 Å². The van der Waals surface area contributed by atoms with Gasteiger partial charge >= 0.3 is 6.18 Å². The van der Waals surface area contributed by atoms with Crippen LogP contribution < -0.4 is 0 Å². The average molecular weight is 644 g/mol. The largest absolute Gasteiger partial charge is 0.416 e. The molecule has 1 aromatic heterocycles. The van der Waals surface area contributed by atoms with E-state index in [-0.39, 0.29) is 28.3 Å². The zero-order chi connectivity index (χ0) is 33.5. The molecule has 8 heteroatoms. The summed E-state index contributed by atoms with van der Waals surface area (Å²) in [6.07, 6.45) is -1.55. The molecule has 3 nitrogen and oxygen atoms in total. The topological polar surface area (TPSA) is 42.4 Å². The molecule has 0 unspecified atom stereocenters. The third-order valence-corrected chi connectivity index (χ3v) is 14.0. The molecule has 0 spiro atoms. The Morgan fingerprint density at radius 3 is 1.93 bits per heavy atom. The fraction of sp³-hybridized carbons (Fsp3) is 0.541. The van der Waals surface area contributed by atoms with Crippen molar-refractivity contribution in [2.45, 2.75) is 123 Å². The number of pyridine rings is 1. The predicted molar refractivity (Wildman–Crippen MR) is 176 cm³/mol. The molecule has 0 saturated heterocycles. The summed E-state index contributed by atoms with van der Waals surface area (Å²) in [6, 6.07) is 11.0. The first-order valence-electron chi connectivity index (χ1n) is 16.0. The van der Waals surface area contributed by atoms with Crippen LogP contribution in [-0.2, 0) is 10.6 Å². The van der Waals surface area contributed by atoms with E-state index in [1.807, 2.05) is 6.92 Å². The van der Waals surface area contributed by atoms with Gasteiger partial charge in [-0.1, -0.05) is 78.6 Å². The summed E-state index contributed by atoms with van der Waals surface area (Å²) in [5.41, 5.74) is 3.89. The van der Waals surface area contributed by atoms with Gasteiger partial charge in [-0.15, -0.1) is 0 Å². The van der Waals surface area contributed by atoms with E-state index in [2.05, 4.69) is 54.6 Å². The van der Waals surface area contributed by atoms with Gasteiger partial charge in [0.1, 0.15) is 11.9 Å². The number of aliphatic hydroxyl groups excluding tert-OH is 1. The molecule has 1 aliphatic rings. The number of aliphatic hydroxyl groups is 1. The lowest BCUT2D eigenvalue weighted by molar-refractivity contribution is -0.137. The van der Waals surface area contributed by atoms with Gasteiger partial charge in [-0.05, 0) is 90.7 Å². The number of nitrogens with zero attached hydrogens (tertiary/aromatic N) is 1. The van der Waals surface area contributed by atoms with Gasteiger partial charge in [-0.3, -0.25) is 4.98 Å². The van der Waals surface area contributed by atoms with Crippen LogP contribution in [0.25, 0.3) is 11.1 Å². The van der Waals surface area contributed by atoms with E-state index in [0.29, 0.717) is 17.5 Å². The molecule has 1 heterocycles. The van der Waals surface area contributed by atoms with Gasteiger partial charge in [-0.2, -0.15) is 13.2 Å². The minimum Gasteiger partial charge on any atom is -0.410 e. The first-order chi connectivity index (χ1) is 20.7. The van der Waals surface area contributed by atoms with Crippen LogP contribution in [0.15, 0.2) is 48.5 Å². The molecule has 0 aliphatic heterocycles. The fourth-order valence-corrected chi connectivity index (χ4v) is 7.44. The van der Waals surface area contributed by atoms with Crippen LogP contribution in [0.5, 0.6) is 0 Å². The van der Waals surface area contributed by atoms with Crippen LogP contribution in [0.4, 0.5) is 17.6 Å². The molecule has 45 heavy (non-hydrogen) atoms. The standard InChI is InChI=1S/C37H49F4NO2Si/c1-23-30(29(22-35(2,3)4)44-45(8,9)36(5,6)7)31(24-16-20-28(38)21-17-24)32(33(42-23)25-12-10-11-13-25)34(43)26-14-18-27(19-15-26)37(39,40)41/h14-21,25,29,34,43H,10-13,22H2,1-9H3/t29-,34+/m0/s1. The fourth-order valence-electron chi connectivity index (χ4n) is 6.18. The Bertz CT molecular complexity index is 1460. The van der Waals surface area contributed by atoms with Crippen molar-refractivity contribution in [3.8, 4) is 11.1 Å². The third-order valence-electron chi connectivity index (χ3n) is 9.56. The van der Waals surface area contributed by atoms with E-state index in [1.54, 1.807) is 12.1 Å². The molecule has 1 N–H and O–H groups in total. The number of aryl methyl sites for hydroxylation is 1. The van der Waals surface area contributed by atoms with E-state index in [4.69, 9.17) is 9.41 Å². The zero-order valence-electron chi connectivity index (χ0n) is 28.2. The van der Waals surface area contributed by atoms with Crippen LogP contribution in [-0.4, -0.2) is 18.4 Å². The Kier molecular flexibility index (Phi) is 10.1. The van der Waals surface area contributed by atoms with Gasteiger partial charge in [0, 0.05) is 22.7 Å². The minimum absolute atomic E-state index is 0.0765. The summed E-state index contributed by atoms with van der Waals surface area (Å²) in [5.74, 6) is -0.283. The van der Waals surface area contributed by atoms with E-state index in [9.17, 15) is 22.7 Å². The highest BCUT2D eigenvalue weighted by Gasteiger charge is 2.42. The maximum absolute atomic E-state index is 14.3. The maximum Gasteiger partial charge on any atom is 0.416 e. The molecule has 3 aromatic rings. The first-order valence-corrected chi connectivity index (χ1v) is 18.9. The summed E-state index contributed by atoms with van der Waals surface area (Å²) in [4.78, 5) is 5.23.